The molecule has 2 aromatic rings. The molecular weight excluding hydrogens is 250 g/mol. The van der Waals surface area contributed by atoms with Crippen LogP contribution in [0.25, 0.3) is 0 Å². The normalized spacial score (nSPS) is 13.4. The van der Waals surface area contributed by atoms with Crippen molar-refractivity contribution in [2.75, 3.05) is 5.32 Å². The summed E-state index contributed by atoms with van der Waals surface area (Å²) in [6.45, 7) is 1.55. The molecule has 0 saturated heterocycles. The number of rotatable bonds is 3. The summed E-state index contributed by atoms with van der Waals surface area (Å²) in [5.74, 6) is 0.178. The molecule has 6 heteroatoms. The van der Waals surface area contributed by atoms with Gasteiger partial charge in [-0.2, -0.15) is 9.37 Å². The zero-order valence-electron chi connectivity index (χ0n) is 10.1. The van der Waals surface area contributed by atoms with Gasteiger partial charge in [0.25, 0.3) is 0 Å². The quantitative estimate of drug-likeness (QED) is 0.830. The first-order valence-electron chi connectivity index (χ1n) is 5.97. The molecular formula is C13H12F2N4. The van der Waals surface area contributed by atoms with Gasteiger partial charge in [-0.1, -0.05) is 12.1 Å². The van der Waals surface area contributed by atoms with E-state index < -0.39 is 6.08 Å². The topological polar surface area (TPSA) is 49.8 Å². The van der Waals surface area contributed by atoms with Gasteiger partial charge in [-0.25, -0.2) is 9.37 Å². The van der Waals surface area contributed by atoms with E-state index in [-0.39, 0.29) is 5.82 Å². The Labute approximate surface area is 108 Å². The Morgan fingerprint density at radius 2 is 2.11 bits per heavy atom. The number of nitrogens with zero attached hydrogens (tertiary/aromatic N) is 2. The van der Waals surface area contributed by atoms with Crippen molar-refractivity contribution in [1.29, 1.82) is 0 Å². The summed E-state index contributed by atoms with van der Waals surface area (Å²) in [6.07, 6.45) is -0.746. The number of halogens is 2. The molecule has 2 N–H and O–H groups in total. The van der Waals surface area contributed by atoms with Crippen molar-refractivity contribution in [3.8, 4) is 0 Å². The summed E-state index contributed by atoms with van der Waals surface area (Å²) in [7, 11) is 0. The van der Waals surface area contributed by atoms with Crippen LogP contribution in [0.15, 0.2) is 24.3 Å². The largest absolute Gasteiger partial charge is 0.366 e. The van der Waals surface area contributed by atoms with Crippen molar-refractivity contribution in [2.45, 2.75) is 19.6 Å². The SMILES string of the molecule is Fc1cccc(CNc2nc(F)nc3c2CNC3)c1. The Morgan fingerprint density at radius 1 is 1.21 bits per heavy atom. The van der Waals surface area contributed by atoms with Crippen molar-refractivity contribution in [1.82, 2.24) is 15.3 Å². The second kappa shape index (κ2) is 4.89. The van der Waals surface area contributed by atoms with Gasteiger partial charge in [-0.15, -0.1) is 0 Å². The molecule has 1 aliphatic heterocycles. The van der Waals surface area contributed by atoms with E-state index in [1.807, 2.05) is 0 Å². The fraction of sp³-hybridized carbons (Fsp3) is 0.231. The molecule has 19 heavy (non-hydrogen) atoms. The molecule has 4 nitrogen and oxygen atoms in total. The summed E-state index contributed by atoms with van der Waals surface area (Å²) in [4.78, 5) is 7.50. The standard InChI is InChI=1S/C13H12F2N4/c14-9-3-1-2-8(4-9)5-17-12-10-6-16-7-11(10)18-13(15)19-12/h1-4,16H,5-7H2,(H,17,18,19). The molecule has 0 fully saturated rings. The highest BCUT2D eigenvalue weighted by molar-refractivity contribution is 5.48. The highest BCUT2D eigenvalue weighted by Crippen LogP contribution is 2.21. The molecule has 0 atom stereocenters. The first-order chi connectivity index (χ1) is 9.22. The molecule has 2 heterocycles. The van der Waals surface area contributed by atoms with E-state index in [0.717, 1.165) is 11.1 Å². The molecule has 0 aliphatic carbocycles. The minimum absolute atomic E-state index is 0.292. The third-order valence-electron chi connectivity index (χ3n) is 3.01. The van der Waals surface area contributed by atoms with Gasteiger partial charge < -0.3 is 10.6 Å². The van der Waals surface area contributed by atoms with Crippen LogP contribution in [0.1, 0.15) is 16.8 Å². The molecule has 0 radical (unpaired) electrons. The van der Waals surface area contributed by atoms with Crippen molar-refractivity contribution in [3.05, 3.63) is 53.0 Å². The van der Waals surface area contributed by atoms with Crippen molar-refractivity contribution < 1.29 is 8.78 Å². The Kier molecular flexibility index (Phi) is 3.08. The maximum absolute atomic E-state index is 13.3. The number of anilines is 1. The Morgan fingerprint density at radius 3 is 2.95 bits per heavy atom. The first kappa shape index (κ1) is 12.0. The number of aromatic nitrogens is 2. The predicted molar refractivity (Wildman–Crippen MR) is 66.3 cm³/mol. The number of hydrogen-bond acceptors (Lipinski definition) is 4. The van der Waals surface area contributed by atoms with Crippen LogP contribution in [-0.2, 0) is 19.6 Å². The summed E-state index contributed by atoms with van der Waals surface area (Å²) < 4.78 is 26.3. The van der Waals surface area contributed by atoms with Gasteiger partial charge in [0.05, 0.1) is 5.69 Å². The van der Waals surface area contributed by atoms with E-state index in [2.05, 4.69) is 20.6 Å². The first-order valence-corrected chi connectivity index (χ1v) is 5.97. The molecule has 0 saturated carbocycles. The minimum atomic E-state index is -0.746. The average Bonchev–Trinajstić information content (AvgIpc) is 2.84. The highest BCUT2D eigenvalue weighted by Gasteiger charge is 2.18. The maximum atomic E-state index is 13.3. The zero-order chi connectivity index (χ0) is 13.2. The molecule has 1 aromatic carbocycles. The number of benzene rings is 1. The van der Waals surface area contributed by atoms with Gasteiger partial charge in [0.1, 0.15) is 11.6 Å². The lowest BCUT2D eigenvalue weighted by molar-refractivity contribution is 0.534. The second-order valence-corrected chi connectivity index (χ2v) is 4.35. The Balaban J connectivity index is 1.81. The Hall–Kier alpha value is -2.08. The van der Waals surface area contributed by atoms with E-state index in [4.69, 9.17) is 0 Å². The lowest BCUT2D eigenvalue weighted by atomic mass is 10.2. The summed E-state index contributed by atoms with van der Waals surface area (Å²) >= 11 is 0. The van der Waals surface area contributed by atoms with Gasteiger partial charge in [-0.05, 0) is 17.7 Å². The third-order valence-corrected chi connectivity index (χ3v) is 3.01. The van der Waals surface area contributed by atoms with Crippen LogP contribution < -0.4 is 10.6 Å². The number of nitrogens with one attached hydrogen (secondary N) is 2. The van der Waals surface area contributed by atoms with E-state index in [1.165, 1.54) is 12.1 Å². The molecule has 1 aromatic heterocycles. The van der Waals surface area contributed by atoms with Gasteiger partial charge in [-0.3, -0.25) is 0 Å². The van der Waals surface area contributed by atoms with Crippen molar-refractivity contribution in [3.63, 3.8) is 0 Å². The van der Waals surface area contributed by atoms with Gasteiger partial charge in [0.15, 0.2) is 0 Å². The molecule has 1 aliphatic rings. The van der Waals surface area contributed by atoms with Gasteiger partial charge in [0.2, 0.25) is 0 Å². The minimum Gasteiger partial charge on any atom is -0.366 e. The van der Waals surface area contributed by atoms with Crippen molar-refractivity contribution >= 4 is 5.82 Å². The third kappa shape index (κ3) is 2.53. The predicted octanol–water partition coefficient (Wildman–Crippen LogP) is 1.97. The lowest BCUT2D eigenvalue weighted by Crippen LogP contribution is -2.08. The zero-order valence-corrected chi connectivity index (χ0v) is 10.1. The lowest BCUT2D eigenvalue weighted by Gasteiger charge is -2.09. The average molecular weight is 262 g/mol. The van der Waals surface area contributed by atoms with Gasteiger partial charge >= 0.3 is 6.08 Å². The number of hydrogen-bond donors (Lipinski definition) is 2. The van der Waals surface area contributed by atoms with Crippen LogP contribution in [0, 0.1) is 11.9 Å². The Bertz CT molecular complexity index is 616. The van der Waals surface area contributed by atoms with Gasteiger partial charge in [0, 0.05) is 25.2 Å². The van der Waals surface area contributed by atoms with Crippen molar-refractivity contribution in [2.24, 2.45) is 0 Å². The van der Waals surface area contributed by atoms with E-state index >= 15 is 0 Å². The smallest absolute Gasteiger partial charge is 0.310 e. The fourth-order valence-corrected chi connectivity index (χ4v) is 2.12. The molecule has 0 amide bonds. The number of fused-ring (bicyclic) bond motifs is 1. The van der Waals surface area contributed by atoms with Crippen LogP contribution in [-0.4, -0.2) is 9.97 Å². The van der Waals surface area contributed by atoms with Crippen LogP contribution in [0.5, 0.6) is 0 Å². The van der Waals surface area contributed by atoms with E-state index in [9.17, 15) is 8.78 Å². The van der Waals surface area contributed by atoms with Crippen LogP contribution in [0.2, 0.25) is 0 Å². The fourth-order valence-electron chi connectivity index (χ4n) is 2.12. The monoisotopic (exact) mass is 262 g/mol. The molecule has 98 valence electrons. The van der Waals surface area contributed by atoms with Crippen LogP contribution >= 0.6 is 0 Å². The van der Waals surface area contributed by atoms with Crippen LogP contribution in [0.4, 0.5) is 14.6 Å². The van der Waals surface area contributed by atoms with Crippen LogP contribution in [0.3, 0.4) is 0 Å². The highest BCUT2D eigenvalue weighted by atomic mass is 19.1. The van der Waals surface area contributed by atoms with E-state index in [1.54, 1.807) is 12.1 Å². The molecule has 3 rings (SSSR count). The molecule has 0 unspecified atom stereocenters. The summed E-state index contributed by atoms with van der Waals surface area (Å²) in [5.41, 5.74) is 2.32. The van der Waals surface area contributed by atoms with E-state index in [0.29, 0.717) is 31.1 Å². The molecule has 0 spiro atoms. The maximum Gasteiger partial charge on any atom is 0.310 e. The summed E-state index contributed by atoms with van der Waals surface area (Å²) in [6, 6.07) is 6.25. The molecule has 0 bridgehead atoms. The second-order valence-electron chi connectivity index (χ2n) is 4.35. The summed E-state index contributed by atoms with van der Waals surface area (Å²) in [5, 5.41) is 6.13.